The first-order chi connectivity index (χ1) is 9.70. The molecule has 0 aromatic heterocycles. The van der Waals surface area contributed by atoms with Crippen molar-refractivity contribution < 1.29 is 14.1 Å². The molecule has 1 heterocycles. The summed E-state index contributed by atoms with van der Waals surface area (Å²) in [7, 11) is -0.730. The molecule has 2 rings (SSSR count). The van der Waals surface area contributed by atoms with E-state index in [9.17, 15) is 9.00 Å². The van der Waals surface area contributed by atoms with Gasteiger partial charge in [0.2, 0.25) is 0 Å². The maximum absolute atomic E-state index is 12.3. The van der Waals surface area contributed by atoms with Crippen LogP contribution in [0.15, 0.2) is 24.3 Å². The topological polar surface area (TPSA) is 66.4 Å². The fraction of sp³-hybridized carbons (Fsp3) is 0.400. The van der Waals surface area contributed by atoms with E-state index in [0.717, 1.165) is 12.8 Å². The lowest BCUT2D eigenvalue weighted by molar-refractivity contribution is 0.0934. The van der Waals surface area contributed by atoms with Gasteiger partial charge in [-0.3, -0.25) is 9.00 Å². The van der Waals surface area contributed by atoms with Crippen LogP contribution in [0.1, 0.15) is 28.8 Å². The number of nitrogens with one attached hydrogen (secondary N) is 1. The Morgan fingerprint density at radius 3 is 2.75 bits per heavy atom. The fourth-order valence-electron chi connectivity index (χ4n) is 2.13. The molecule has 1 aromatic carbocycles. The van der Waals surface area contributed by atoms with Crippen molar-refractivity contribution in [1.29, 1.82) is 0 Å². The summed E-state index contributed by atoms with van der Waals surface area (Å²) in [6, 6.07) is 7.15. The molecule has 2 N–H and O–H groups in total. The highest BCUT2D eigenvalue weighted by atomic mass is 32.2. The van der Waals surface area contributed by atoms with Crippen molar-refractivity contribution in [2.24, 2.45) is 0 Å². The molecule has 1 fully saturated rings. The summed E-state index contributed by atoms with van der Waals surface area (Å²) in [5, 5.41) is 11.7. The summed E-state index contributed by atoms with van der Waals surface area (Å²) in [6.45, 7) is -0.232. The minimum absolute atomic E-state index is 0.0825. The molecule has 0 bridgehead atoms. The molecule has 0 unspecified atom stereocenters. The van der Waals surface area contributed by atoms with Gasteiger partial charge >= 0.3 is 0 Å². The summed E-state index contributed by atoms with van der Waals surface area (Å²) in [4.78, 5) is 12.3. The van der Waals surface area contributed by atoms with Gasteiger partial charge < -0.3 is 10.4 Å². The molecule has 1 amide bonds. The third-order valence-electron chi connectivity index (χ3n) is 3.20. The smallest absolute Gasteiger partial charge is 0.252 e. The van der Waals surface area contributed by atoms with Crippen LogP contribution in [0.4, 0.5) is 0 Å². The van der Waals surface area contributed by atoms with E-state index in [1.54, 1.807) is 18.2 Å². The first-order valence-corrected chi connectivity index (χ1v) is 8.04. The maximum atomic E-state index is 12.3. The second-order valence-corrected chi connectivity index (χ2v) is 6.30. The van der Waals surface area contributed by atoms with Crippen LogP contribution < -0.4 is 5.32 Å². The third kappa shape index (κ3) is 3.92. The lowest BCUT2D eigenvalue weighted by Crippen LogP contribution is -2.39. The number of amides is 1. The number of hydrogen-bond acceptors (Lipinski definition) is 3. The van der Waals surface area contributed by atoms with Crippen LogP contribution in [0.3, 0.4) is 0 Å². The van der Waals surface area contributed by atoms with Crippen molar-refractivity contribution in [2.45, 2.75) is 18.9 Å². The van der Waals surface area contributed by atoms with Crippen LogP contribution in [0.5, 0.6) is 0 Å². The number of carbonyl (C=O) groups excluding carboxylic acids is 1. The second-order valence-electron chi connectivity index (χ2n) is 4.60. The van der Waals surface area contributed by atoms with Crippen LogP contribution in [0, 0.1) is 11.8 Å². The van der Waals surface area contributed by atoms with E-state index in [4.69, 9.17) is 5.11 Å². The van der Waals surface area contributed by atoms with Gasteiger partial charge in [-0.15, -0.1) is 0 Å². The lowest BCUT2D eigenvalue weighted by atomic mass is 10.1. The van der Waals surface area contributed by atoms with Gasteiger partial charge in [-0.2, -0.15) is 0 Å². The van der Waals surface area contributed by atoms with Gasteiger partial charge in [-0.1, -0.05) is 24.0 Å². The molecule has 0 saturated carbocycles. The zero-order chi connectivity index (χ0) is 14.4. The Morgan fingerprint density at radius 2 is 2.05 bits per heavy atom. The molecule has 1 aliphatic heterocycles. The van der Waals surface area contributed by atoms with Gasteiger partial charge in [-0.05, 0) is 25.0 Å². The van der Waals surface area contributed by atoms with Crippen molar-refractivity contribution in [3.05, 3.63) is 35.4 Å². The van der Waals surface area contributed by atoms with Gasteiger partial charge in [0.1, 0.15) is 6.61 Å². The molecule has 0 spiro atoms. The molecule has 0 atom stereocenters. The van der Waals surface area contributed by atoms with Gasteiger partial charge in [-0.25, -0.2) is 0 Å². The van der Waals surface area contributed by atoms with Gasteiger partial charge in [0, 0.05) is 33.9 Å². The number of aliphatic hydroxyl groups is 1. The third-order valence-corrected chi connectivity index (χ3v) is 4.58. The van der Waals surface area contributed by atoms with Gasteiger partial charge in [0.15, 0.2) is 0 Å². The largest absolute Gasteiger partial charge is 0.384 e. The van der Waals surface area contributed by atoms with Crippen LogP contribution >= 0.6 is 0 Å². The van der Waals surface area contributed by atoms with Crippen LogP contribution in [-0.4, -0.2) is 39.4 Å². The average Bonchev–Trinajstić information content (AvgIpc) is 2.47. The first-order valence-electron chi connectivity index (χ1n) is 6.55. The van der Waals surface area contributed by atoms with Crippen molar-refractivity contribution in [2.75, 3.05) is 18.1 Å². The number of hydrogen-bond donors (Lipinski definition) is 2. The molecule has 0 aliphatic carbocycles. The Balaban J connectivity index is 2.07. The van der Waals surface area contributed by atoms with E-state index in [0.29, 0.717) is 22.6 Å². The van der Waals surface area contributed by atoms with E-state index in [2.05, 4.69) is 17.2 Å². The van der Waals surface area contributed by atoms with E-state index in [1.165, 1.54) is 0 Å². The summed E-state index contributed by atoms with van der Waals surface area (Å²) >= 11 is 0. The molecule has 1 aromatic rings. The second kappa shape index (κ2) is 7.22. The number of benzene rings is 1. The molecular formula is C15H17NO3S. The molecule has 4 nitrogen and oxygen atoms in total. The van der Waals surface area contributed by atoms with Gasteiger partial charge in [0.05, 0.1) is 5.56 Å². The normalized spacial score (nSPS) is 21.6. The van der Waals surface area contributed by atoms with Crippen molar-refractivity contribution >= 4 is 16.7 Å². The monoisotopic (exact) mass is 291 g/mol. The molecule has 0 radical (unpaired) electrons. The predicted molar refractivity (Wildman–Crippen MR) is 78.8 cm³/mol. The highest BCUT2D eigenvalue weighted by molar-refractivity contribution is 7.85. The molecule has 1 aliphatic rings. The van der Waals surface area contributed by atoms with Crippen molar-refractivity contribution in [1.82, 2.24) is 5.32 Å². The highest BCUT2D eigenvalue weighted by Gasteiger charge is 2.20. The zero-order valence-electron chi connectivity index (χ0n) is 11.1. The Kier molecular flexibility index (Phi) is 5.33. The molecule has 20 heavy (non-hydrogen) atoms. The Morgan fingerprint density at radius 1 is 1.35 bits per heavy atom. The Bertz CT molecular complexity index is 564. The lowest BCUT2D eigenvalue weighted by Gasteiger charge is -2.22. The van der Waals surface area contributed by atoms with Crippen molar-refractivity contribution in [3.8, 4) is 11.8 Å². The van der Waals surface area contributed by atoms with Crippen molar-refractivity contribution in [3.63, 3.8) is 0 Å². The van der Waals surface area contributed by atoms with Crippen LogP contribution in [0.25, 0.3) is 0 Å². The van der Waals surface area contributed by atoms with E-state index in [-0.39, 0.29) is 18.6 Å². The fourth-order valence-corrected chi connectivity index (χ4v) is 3.43. The molecule has 1 saturated heterocycles. The predicted octanol–water partition coefficient (Wildman–Crippen LogP) is 0.671. The Hall–Kier alpha value is -1.64. The van der Waals surface area contributed by atoms with Crippen LogP contribution in [-0.2, 0) is 10.8 Å². The van der Waals surface area contributed by atoms with E-state index >= 15 is 0 Å². The SMILES string of the molecule is O=C(NC1CCS(=O)CC1)c1ccccc1C#CCO. The molecule has 106 valence electrons. The van der Waals surface area contributed by atoms with E-state index in [1.807, 2.05) is 6.07 Å². The summed E-state index contributed by atoms with van der Waals surface area (Å²) < 4.78 is 11.3. The maximum Gasteiger partial charge on any atom is 0.252 e. The van der Waals surface area contributed by atoms with Crippen LogP contribution in [0.2, 0.25) is 0 Å². The summed E-state index contributed by atoms with van der Waals surface area (Å²) in [5.74, 6) is 6.47. The number of carbonyl (C=O) groups is 1. The standard InChI is InChI=1S/C15H17NO3S/c17-9-3-5-12-4-1-2-6-14(12)15(18)16-13-7-10-20(19)11-8-13/h1-2,4,6,13,17H,7-11H2,(H,16,18). The molecular weight excluding hydrogens is 274 g/mol. The molecule has 5 heteroatoms. The van der Waals surface area contributed by atoms with Gasteiger partial charge in [0.25, 0.3) is 5.91 Å². The minimum Gasteiger partial charge on any atom is -0.384 e. The van der Waals surface area contributed by atoms with E-state index < -0.39 is 10.8 Å². The first kappa shape index (κ1) is 14.8. The Labute approximate surface area is 121 Å². The minimum atomic E-state index is -0.730. The zero-order valence-corrected chi connectivity index (χ0v) is 11.9. The average molecular weight is 291 g/mol. The quantitative estimate of drug-likeness (QED) is 0.787. The summed E-state index contributed by atoms with van der Waals surface area (Å²) in [6.07, 6.45) is 1.51. The highest BCUT2D eigenvalue weighted by Crippen LogP contribution is 2.12. The number of rotatable bonds is 2. The number of aliphatic hydroxyl groups excluding tert-OH is 1. The summed E-state index contributed by atoms with van der Waals surface area (Å²) in [5.41, 5.74) is 1.12.